The molecule has 3 atom stereocenters. The normalized spacial score (nSPS) is 27.9. The van der Waals surface area contributed by atoms with E-state index in [1.807, 2.05) is 12.3 Å². The molecule has 6 nitrogen and oxygen atoms in total. The van der Waals surface area contributed by atoms with Crippen LogP contribution in [0, 0.1) is 23.2 Å². The van der Waals surface area contributed by atoms with Gasteiger partial charge in [-0.25, -0.2) is 9.97 Å². The molecule has 3 heterocycles. The molecule has 1 saturated carbocycles. The fraction of sp³-hybridized carbons (Fsp3) is 0.562. The van der Waals surface area contributed by atoms with Crippen molar-refractivity contribution in [3.63, 3.8) is 0 Å². The van der Waals surface area contributed by atoms with E-state index in [9.17, 15) is 0 Å². The van der Waals surface area contributed by atoms with E-state index in [-0.39, 0.29) is 0 Å². The molecular formula is C16H20N6. The van der Waals surface area contributed by atoms with Crippen LogP contribution in [0.5, 0.6) is 0 Å². The molecule has 1 N–H and O–H groups in total. The number of nitrogens with one attached hydrogen (secondary N) is 1. The van der Waals surface area contributed by atoms with E-state index in [1.54, 1.807) is 6.33 Å². The van der Waals surface area contributed by atoms with Gasteiger partial charge >= 0.3 is 0 Å². The van der Waals surface area contributed by atoms with E-state index in [1.165, 1.54) is 12.8 Å². The summed E-state index contributed by atoms with van der Waals surface area (Å²) in [6.07, 6.45) is 5.94. The summed E-state index contributed by atoms with van der Waals surface area (Å²) in [5, 5.41) is 9.93. The third-order valence-electron chi connectivity index (χ3n) is 5.31. The number of likely N-dealkylation sites (tertiary alicyclic amines) is 1. The third kappa shape index (κ3) is 2.13. The maximum absolute atomic E-state index is 8.84. The molecule has 6 heteroatoms. The van der Waals surface area contributed by atoms with Crippen LogP contribution in [0.2, 0.25) is 0 Å². The van der Waals surface area contributed by atoms with Gasteiger partial charge in [-0.15, -0.1) is 0 Å². The first kappa shape index (κ1) is 13.5. The Balaban J connectivity index is 1.51. The lowest BCUT2D eigenvalue weighted by molar-refractivity contribution is 0.340. The molecular weight excluding hydrogens is 276 g/mol. The Bertz CT molecular complexity index is 703. The van der Waals surface area contributed by atoms with Crippen molar-refractivity contribution >= 4 is 16.9 Å². The molecule has 1 aliphatic carbocycles. The predicted molar refractivity (Wildman–Crippen MR) is 84.3 cm³/mol. The van der Waals surface area contributed by atoms with Crippen LogP contribution in [-0.4, -0.2) is 52.6 Å². The van der Waals surface area contributed by atoms with Crippen LogP contribution in [0.15, 0.2) is 18.6 Å². The number of nitriles is 1. The molecule has 2 aromatic heterocycles. The van der Waals surface area contributed by atoms with E-state index in [4.69, 9.17) is 5.26 Å². The fourth-order valence-electron chi connectivity index (χ4n) is 4.22. The van der Waals surface area contributed by atoms with Crippen LogP contribution >= 0.6 is 0 Å². The number of hydrogen-bond donors (Lipinski definition) is 1. The van der Waals surface area contributed by atoms with Gasteiger partial charge in [-0.3, -0.25) is 4.90 Å². The number of aromatic amines is 1. The van der Waals surface area contributed by atoms with Crippen LogP contribution in [0.1, 0.15) is 12.8 Å². The van der Waals surface area contributed by atoms with E-state index in [0.717, 1.165) is 41.8 Å². The lowest BCUT2D eigenvalue weighted by Crippen LogP contribution is -2.32. The van der Waals surface area contributed by atoms with Gasteiger partial charge in [0.15, 0.2) is 0 Å². The Morgan fingerprint density at radius 2 is 2.14 bits per heavy atom. The van der Waals surface area contributed by atoms with Crippen molar-refractivity contribution in [3.05, 3.63) is 18.6 Å². The summed E-state index contributed by atoms with van der Waals surface area (Å²) in [6, 6.07) is 4.85. The number of hydrogen-bond acceptors (Lipinski definition) is 5. The Morgan fingerprint density at radius 1 is 1.36 bits per heavy atom. The molecule has 0 amide bonds. The van der Waals surface area contributed by atoms with E-state index in [2.05, 4.69) is 37.9 Å². The van der Waals surface area contributed by atoms with Crippen molar-refractivity contribution in [2.75, 3.05) is 31.6 Å². The Kier molecular flexibility index (Phi) is 3.23. The van der Waals surface area contributed by atoms with Crippen LogP contribution < -0.4 is 4.90 Å². The number of rotatable bonds is 3. The van der Waals surface area contributed by atoms with Gasteiger partial charge in [0.2, 0.25) is 0 Å². The molecule has 0 radical (unpaired) electrons. The van der Waals surface area contributed by atoms with Gasteiger partial charge in [-0.05, 0) is 30.7 Å². The quantitative estimate of drug-likeness (QED) is 0.872. The first-order valence-electron chi connectivity index (χ1n) is 7.86. The van der Waals surface area contributed by atoms with Crippen molar-refractivity contribution in [2.45, 2.75) is 18.9 Å². The van der Waals surface area contributed by atoms with Gasteiger partial charge in [-0.2, -0.15) is 5.26 Å². The molecule has 0 spiro atoms. The minimum absolute atomic E-state index is 0.534. The van der Waals surface area contributed by atoms with Crippen LogP contribution in [0.25, 0.3) is 11.0 Å². The van der Waals surface area contributed by atoms with Crippen LogP contribution in [-0.2, 0) is 0 Å². The average molecular weight is 296 g/mol. The summed E-state index contributed by atoms with van der Waals surface area (Å²) >= 11 is 0. The molecule has 114 valence electrons. The number of H-pyrrole nitrogens is 1. The molecule has 1 aliphatic heterocycles. The van der Waals surface area contributed by atoms with Crippen LogP contribution in [0.4, 0.5) is 5.82 Å². The number of anilines is 1. The van der Waals surface area contributed by atoms with E-state index < -0.39 is 0 Å². The van der Waals surface area contributed by atoms with Gasteiger partial charge in [-0.1, -0.05) is 0 Å². The van der Waals surface area contributed by atoms with Gasteiger partial charge < -0.3 is 9.88 Å². The zero-order valence-corrected chi connectivity index (χ0v) is 12.7. The lowest BCUT2D eigenvalue weighted by Gasteiger charge is -2.27. The highest BCUT2D eigenvalue weighted by Crippen LogP contribution is 2.41. The maximum Gasteiger partial charge on any atom is 0.142 e. The Morgan fingerprint density at radius 3 is 2.86 bits per heavy atom. The highest BCUT2D eigenvalue weighted by molar-refractivity contribution is 5.87. The van der Waals surface area contributed by atoms with Crippen LogP contribution in [0.3, 0.4) is 0 Å². The zero-order chi connectivity index (χ0) is 15.1. The highest BCUT2D eigenvalue weighted by atomic mass is 15.2. The summed E-state index contributed by atoms with van der Waals surface area (Å²) < 4.78 is 0. The molecule has 0 aromatic carbocycles. The molecule has 2 fully saturated rings. The summed E-state index contributed by atoms with van der Waals surface area (Å²) in [7, 11) is 2.15. The minimum Gasteiger partial charge on any atom is -0.356 e. The van der Waals surface area contributed by atoms with E-state index in [0.29, 0.717) is 12.6 Å². The predicted octanol–water partition coefficient (Wildman–Crippen LogP) is 1.63. The largest absolute Gasteiger partial charge is 0.356 e. The first-order valence-corrected chi connectivity index (χ1v) is 7.86. The second kappa shape index (κ2) is 5.25. The fourth-order valence-corrected chi connectivity index (χ4v) is 4.22. The highest BCUT2D eigenvalue weighted by Gasteiger charge is 2.42. The van der Waals surface area contributed by atoms with Crippen molar-refractivity contribution in [2.24, 2.45) is 11.8 Å². The number of nitrogens with zero attached hydrogens (tertiary/aromatic N) is 5. The number of fused-ring (bicyclic) bond motifs is 2. The summed E-state index contributed by atoms with van der Waals surface area (Å²) in [6.45, 7) is 2.72. The minimum atomic E-state index is 0.534. The van der Waals surface area contributed by atoms with Crippen molar-refractivity contribution < 1.29 is 0 Å². The van der Waals surface area contributed by atoms with Gasteiger partial charge in [0, 0.05) is 32.4 Å². The molecule has 2 aliphatic rings. The molecule has 0 bridgehead atoms. The van der Waals surface area contributed by atoms with E-state index >= 15 is 0 Å². The molecule has 1 saturated heterocycles. The smallest absolute Gasteiger partial charge is 0.142 e. The summed E-state index contributed by atoms with van der Waals surface area (Å²) in [5.41, 5.74) is 0.898. The maximum atomic E-state index is 8.84. The third-order valence-corrected chi connectivity index (χ3v) is 5.31. The summed E-state index contributed by atoms with van der Waals surface area (Å²) in [5.74, 6) is 2.47. The van der Waals surface area contributed by atoms with Gasteiger partial charge in [0.25, 0.3) is 0 Å². The second-order valence-electron chi connectivity index (χ2n) is 6.55. The van der Waals surface area contributed by atoms with Crippen molar-refractivity contribution in [3.8, 4) is 6.07 Å². The topological polar surface area (TPSA) is 71.8 Å². The monoisotopic (exact) mass is 296 g/mol. The standard InChI is InChI=1S/C16H20N6/c1-21(16-14-2-4-18-15(14)19-10-20-16)13-6-11-8-22(5-3-17)9-12(11)7-13/h2,4,10-13H,5-9H2,1H3,(H,18,19,20)/t11-,12+,13?. The average Bonchev–Trinajstić information content (AvgIpc) is 3.19. The summed E-state index contributed by atoms with van der Waals surface area (Å²) in [4.78, 5) is 16.5. The van der Waals surface area contributed by atoms with Gasteiger partial charge in [0.1, 0.15) is 17.8 Å². The molecule has 1 unspecified atom stereocenters. The first-order chi connectivity index (χ1) is 10.8. The molecule has 4 rings (SSSR count). The second-order valence-corrected chi connectivity index (χ2v) is 6.55. The van der Waals surface area contributed by atoms with Crippen molar-refractivity contribution in [1.82, 2.24) is 19.9 Å². The van der Waals surface area contributed by atoms with Crippen molar-refractivity contribution in [1.29, 1.82) is 5.26 Å². The Labute approximate surface area is 129 Å². The lowest BCUT2D eigenvalue weighted by atomic mass is 10.0. The zero-order valence-electron chi connectivity index (χ0n) is 12.7. The molecule has 2 aromatic rings. The molecule has 22 heavy (non-hydrogen) atoms. The Hall–Kier alpha value is -2.13. The SMILES string of the molecule is CN(c1ncnc2[nH]ccc12)C1C[C@@H]2CN(CC#N)C[C@@H]2C1. The van der Waals surface area contributed by atoms with Gasteiger partial charge in [0.05, 0.1) is 18.0 Å². The number of aromatic nitrogens is 3.